The molecule has 1 aromatic carbocycles. The van der Waals surface area contributed by atoms with Gasteiger partial charge in [0.1, 0.15) is 5.82 Å². The highest BCUT2D eigenvalue weighted by atomic mass is 35.5. The van der Waals surface area contributed by atoms with Crippen molar-refractivity contribution in [1.29, 1.82) is 0 Å². The molecule has 134 valence electrons. The first-order valence-electron chi connectivity index (χ1n) is 8.63. The van der Waals surface area contributed by atoms with Gasteiger partial charge in [-0.15, -0.1) is 0 Å². The molecule has 3 N–H and O–H groups in total. The molecule has 1 aliphatic heterocycles. The number of rotatable bonds is 4. The fourth-order valence-electron chi connectivity index (χ4n) is 3.26. The van der Waals surface area contributed by atoms with E-state index in [1.54, 1.807) is 10.9 Å². The molecule has 2 heterocycles. The van der Waals surface area contributed by atoms with Crippen LogP contribution >= 0.6 is 11.6 Å². The summed E-state index contributed by atoms with van der Waals surface area (Å²) in [6, 6.07) is 7.64. The molecule has 1 aromatic heterocycles. The van der Waals surface area contributed by atoms with E-state index < -0.39 is 0 Å². The van der Waals surface area contributed by atoms with Crippen LogP contribution in [0.2, 0.25) is 5.02 Å². The number of amides is 2. The Balaban J connectivity index is 1.76. The quantitative estimate of drug-likeness (QED) is 0.877. The summed E-state index contributed by atoms with van der Waals surface area (Å²) in [5.41, 5.74) is 7.79. The van der Waals surface area contributed by atoms with Crippen LogP contribution in [0.25, 0.3) is 0 Å². The Morgan fingerprint density at radius 1 is 1.44 bits per heavy atom. The van der Waals surface area contributed by atoms with E-state index in [2.05, 4.69) is 10.4 Å². The number of anilines is 1. The minimum Gasteiger partial charge on any atom is -0.328 e. The molecule has 2 amide bonds. The summed E-state index contributed by atoms with van der Waals surface area (Å²) in [4.78, 5) is 14.6. The highest BCUT2D eigenvalue weighted by Crippen LogP contribution is 2.21. The SMILES string of the molecule is Cc1cnn(Cc2cccc(Cl)c2)c1NC(=O)N1CCCC[C@H]1CN. The van der Waals surface area contributed by atoms with E-state index in [1.807, 2.05) is 36.1 Å². The van der Waals surface area contributed by atoms with Crippen LogP contribution in [-0.2, 0) is 6.54 Å². The van der Waals surface area contributed by atoms with Crippen molar-refractivity contribution in [1.82, 2.24) is 14.7 Å². The number of carbonyl (C=O) groups is 1. The summed E-state index contributed by atoms with van der Waals surface area (Å²) in [6.45, 7) is 3.72. The Morgan fingerprint density at radius 3 is 3.04 bits per heavy atom. The van der Waals surface area contributed by atoms with Gasteiger partial charge in [0, 0.05) is 29.7 Å². The number of piperidine rings is 1. The molecular formula is C18H24ClN5O. The molecule has 0 bridgehead atoms. The maximum Gasteiger partial charge on any atom is 0.323 e. The van der Waals surface area contributed by atoms with Gasteiger partial charge in [0.2, 0.25) is 0 Å². The highest BCUT2D eigenvalue weighted by molar-refractivity contribution is 6.30. The van der Waals surface area contributed by atoms with E-state index >= 15 is 0 Å². The van der Waals surface area contributed by atoms with Crippen molar-refractivity contribution in [2.45, 2.75) is 38.8 Å². The third-order valence-electron chi connectivity index (χ3n) is 4.63. The van der Waals surface area contributed by atoms with Crippen LogP contribution in [0.1, 0.15) is 30.4 Å². The summed E-state index contributed by atoms with van der Waals surface area (Å²) in [5, 5.41) is 8.11. The van der Waals surface area contributed by atoms with Gasteiger partial charge < -0.3 is 10.6 Å². The molecule has 3 rings (SSSR count). The third-order valence-corrected chi connectivity index (χ3v) is 4.86. The second-order valence-electron chi connectivity index (χ2n) is 6.47. The Bertz CT molecular complexity index is 745. The fourth-order valence-corrected chi connectivity index (χ4v) is 3.47. The van der Waals surface area contributed by atoms with Crippen molar-refractivity contribution >= 4 is 23.4 Å². The number of halogens is 1. The molecule has 1 aliphatic rings. The first-order valence-corrected chi connectivity index (χ1v) is 9.01. The van der Waals surface area contributed by atoms with Gasteiger partial charge >= 0.3 is 6.03 Å². The number of aryl methyl sites for hydroxylation is 1. The minimum atomic E-state index is -0.105. The van der Waals surface area contributed by atoms with Crippen LogP contribution in [0, 0.1) is 6.92 Å². The number of aromatic nitrogens is 2. The fraction of sp³-hybridized carbons (Fsp3) is 0.444. The van der Waals surface area contributed by atoms with Crippen molar-refractivity contribution in [2.24, 2.45) is 5.73 Å². The predicted octanol–water partition coefficient (Wildman–Crippen LogP) is 3.24. The van der Waals surface area contributed by atoms with Crippen molar-refractivity contribution < 1.29 is 4.79 Å². The Hall–Kier alpha value is -2.05. The second-order valence-corrected chi connectivity index (χ2v) is 6.91. The smallest absolute Gasteiger partial charge is 0.323 e. The molecule has 1 fully saturated rings. The predicted molar refractivity (Wildman–Crippen MR) is 99.9 cm³/mol. The normalized spacial score (nSPS) is 17.6. The van der Waals surface area contributed by atoms with E-state index in [-0.39, 0.29) is 12.1 Å². The highest BCUT2D eigenvalue weighted by Gasteiger charge is 2.26. The van der Waals surface area contributed by atoms with E-state index in [0.717, 1.165) is 36.9 Å². The van der Waals surface area contributed by atoms with Gasteiger partial charge in [-0.05, 0) is 43.9 Å². The lowest BCUT2D eigenvalue weighted by Gasteiger charge is -2.35. The number of hydrogen-bond acceptors (Lipinski definition) is 3. The van der Waals surface area contributed by atoms with Crippen LogP contribution in [0.3, 0.4) is 0 Å². The standard InChI is InChI=1S/C18H24ClN5O/c1-13-11-21-24(12-14-5-4-6-15(19)9-14)17(13)22-18(25)23-8-3-2-7-16(23)10-20/h4-6,9,11,16H,2-3,7-8,10,12,20H2,1H3,(H,22,25)/t16-/m0/s1. The molecule has 1 saturated heterocycles. The molecular weight excluding hydrogens is 338 g/mol. The van der Waals surface area contributed by atoms with Crippen LogP contribution in [0.4, 0.5) is 10.6 Å². The number of urea groups is 1. The molecule has 7 heteroatoms. The van der Waals surface area contributed by atoms with Gasteiger partial charge in [-0.1, -0.05) is 23.7 Å². The van der Waals surface area contributed by atoms with Gasteiger partial charge in [0.25, 0.3) is 0 Å². The third kappa shape index (κ3) is 4.14. The minimum absolute atomic E-state index is 0.105. The molecule has 0 spiro atoms. The van der Waals surface area contributed by atoms with E-state index in [9.17, 15) is 4.79 Å². The zero-order valence-corrected chi connectivity index (χ0v) is 15.2. The number of benzene rings is 1. The van der Waals surface area contributed by atoms with Gasteiger partial charge in [-0.3, -0.25) is 5.32 Å². The molecule has 0 radical (unpaired) electrons. The number of nitrogens with two attached hydrogens (primary N) is 1. The van der Waals surface area contributed by atoms with Crippen LogP contribution in [0.15, 0.2) is 30.5 Å². The van der Waals surface area contributed by atoms with Gasteiger partial charge in [0.15, 0.2) is 0 Å². The van der Waals surface area contributed by atoms with Gasteiger partial charge in [-0.25, -0.2) is 9.48 Å². The van der Waals surface area contributed by atoms with E-state index in [0.29, 0.717) is 23.9 Å². The molecule has 0 aliphatic carbocycles. The summed E-state index contributed by atoms with van der Waals surface area (Å²) < 4.78 is 1.79. The van der Waals surface area contributed by atoms with E-state index in [4.69, 9.17) is 17.3 Å². The summed E-state index contributed by atoms with van der Waals surface area (Å²) in [7, 11) is 0. The van der Waals surface area contributed by atoms with Crippen molar-refractivity contribution in [2.75, 3.05) is 18.4 Å². The zero-order chi connectivity index (χ0) is 17.8. The Morgan fingerprint density at radius 2 is 2.28 bits per heavy atom. The van der Waals surface area contributed by atoms with Gasteiger partial charge in [-0.2, -0.15) is 5.10 Å². The molecule has 25 heavy (non-hydrogen) atoms. The second kappa shape index (κ2) is 7.89. The monoisotopic (exact) mass is 361 g/mol. The summed E-state index contributed by atoms with van der Waals surface area (Å²) in [5.74, 6) is 0.714. The summed E-state index contributed by atoms with van der Waals surface area (Å²) >= 11 is 6.06. The van der Waals surface area contributed by atoms with Crippen molar-refractivity contribution in [3.63, 3.8) is 0 Å². The maximum atomic E-state index is 12.7. The largest absolute Gasteiger partial charge is 0.328 e. The van der Waals surface area contributed by atoms with Crippen LogP contribution < -0.4 is 11.1 Å². The van der Waals surface area contributed by atoms with E-state index in [1.165, 1.54) is 0 Å². The van der Waals surface area contributed by atoms with Crippen LogP contribution in [-0.4, -0.2) is 39.8 Å². The molecule has 0 saturated carbocycles. The number of likely N-dealkylation sites (tertiary alicyclic amines) is 1. The van der Waals surface area contributed by atoms with Gasteiger partial charge in [0.05, 0.1) is 12.7 Å². The Kier molecular flexibility index (Phi) is 5.60. The molecule has 6 nitrogen and oxygen atoms in total. The van der Waals surface area contributed by atoms with Crippen LogP contribution in [0.5, 0.6) is 0 Å². The lowest BCUT2D eigenvalue weighted by Crippen LogP contribution is -2.49. The lowest BCUT2D eigenvalue weighted by molar-refractivity contribution is 0.165. The molecule has 0 unspecified atom stereocenters. The molecule has 1 atom stereocenters. The molecule has 2 aromatic rings. The first-order chi connectivity index (χ1) is 12.1. The average Bonchev–Trinajstić information content (AvgIpc) is 2.95. The number of nitrogens with zero attached hydrogens (tertiary/aromatic N) is 3. The number of nitrogens with one attached hydrogen (secondary N) is 1. The number of hydrogen-bond donors (Lipinski definition) is 2. The average molecular weight is 362 g/mol. The topological polar surface area (TPSA) is 76.2 Å². The Labute approximate surface area is 152 Å². The van der Waals surface area contributed by atoms with Crippen molar-refractivity contribution in [3.8, 4) is 0 Å². The lowest BCUT2D eigenvalue weighted by atomic mass is 10.0. The zero-order valence-electron chi connectivity index (χ0n) is 14.4. The first kappa shape index (κ1) is 17.8. The number of carbonyl (C=O) groups excluding carboxylic acids is 1. The van der Waals surface area contributed by atoms with Crippen molar-refractivity contribution in [3.05, 3.63) is 46.6 Å². The maximum absolute atomic E-state index is 12.7. The summed E-state index contributed by atoms with van der Waals surface area (Å²) in [6.07, 6.45) is 4.86.